The number of nitrogens with two attached hydrogens (primary N) is 1. The third kappa shape index (κ3) is 2.36. The van der Waals surface area contributed by atoms with E-state index in [-0.39, 0.29) is 12.1 Å². The summed E-state index contributed by atoms with van der Waals surface area (Å²) in [5.41, 5.74) is 6.20. The predicted molar refractivity (Wildman–Crippen MR) is 81.6 cm³/mol. The van der Waals surface area contributed by atoms with Gasteiger partial charge >= 0.3 is 0 Å². The minimum Gasteiger partial charge on any atom is -0.326 e. The normalized spacial score (nSPS) is 14.4. The van der Waals surface area contributed by atoms with Crippen LogP contribution in [0.3, 0.4) is 0 Å². The smallest absolute Gasteiger partial charge is 0.150 e. The standard InChI is InChI=1S/C14H15N3S2/c1-10(15)13(11-4-2-8-18-11)17-7-6-16-14(17)12-5-3-9-19-12/h2-10,13H,15H2,1H3. The predicted octanol–water partition coefficient (Wildman–Crippen LogP) is 3.61. The van der Waals surface area contributed by atoms with Crippen LogP contribution in [0, 0.1) is 0 Å². The Labute approximate surface area is 120 Å². The lowest BCUT2D eigenvalue weighted by Crippen LogP contribution is -2.29. The van der Waals surface area contributed by atoms with Gasteiger partial charge in [-0.3, -0.25) is 0 Å². The lowest BCUT2D eigenvalue weighted by atomic mass is 10.1. The molecule has 3 aromatic rings. The molecule has 0 aliphatic heterocycles. The minimum absolute atomic E-state index is 0.0339. The average molecular weight is 289 g/mol. The Morgan fingerprint density at radius 2 is 2.00 bits per heavy atom. The summed E-state index contributed by atoms with van der Waals surface area (Å²) in [6, 6.07) is 8.51. The van der Waals surface area contributed by atoms with Gasteiger partial charge in [0.1, 0.15) is 0 Å². The van der Waals surface area contributed by atoms with Gasteiger partial charge in [0.25, 0.3) is 0 Å². The Kier molecular flexibility index (Phi) is 3.50. The molecule has 2 N–H and O–H groups in total. The maximum atomic E-state index is 6.20. The number of aromatic nitrogens is 2. The fourth-order valence-corrected chi connectivity index (χ4v) is 3.91. The summed E-state index contributed by atoms with van der Waals surface area (Å²) in [5.74, 6) is 0.991. The van der Waals surface area contributed by atoms with Crippen LogP contribution in [0.4, 0.5) is 0 Å². The van der Waals surface area contributed by atoms with E-state index in [0.717, 1.165) is 5.82 Å². The van der Waals surface area contributed by atoms with Gasteiger partial charge in [0.05, 0.1) is 10.9 Å². The van der Waals surface area contributed by atoms with Crippen LogP contribution >= 0.6 is 22.7 Å². The highest BCUT2D eigenvalue weighted by atomic mass is 32.1. The molecule has 0 aromatic carbocycles. The van der Waals surface area contributed by atoms with Gasteiger partial charge in [0, 0.05) is 23.3 Å². The van der Waals surface area contributed by atoms with Crippen molar-refractivity contribution < 1.29 is 0 Å². The first-order valence-electron chi connectivity index (χ1n) is 6.13. The molecule has 0 spiro atoms. The summed E-state index contributed by atoms with van der Waals surface area (Å²) in [5, 5.41) is 4.16. The van der Waals surface area contributed by atoms with Crippen LogP contribution in [-0.2, 0) is 0 Å². The van der Waals surface area contributed by atoms with Crippen LogP contribution in [0.2, 0.25) is 0 Å². The summed E-state index contributed by atoms with van der Waals surface area (Å²) in [6.45, 7) is 2.04. The number of imidazole rings is 1. The second-order valence-corrected chi connectivity index (χ2v) is 6.38. The summed E-state index contributed by atoms with van der Waals surface area (Å²) < 4.78 is 2.18. The first-order valence-corrected chi connectivity index (χ1v) is 7.89. The van der Waals surface area contributed by atoms with E-state index in [0.29, 0.717) is 0 Å². The second kappa shape index (κ2) is 5.28. The molecule has 5 heteroatoms. The van der Waals surface area contributed by atoms with Gasteiger partial charge in [-0.1, -0.05) is 12.1 Å². The van der Waals surface area contributed by atoms with Crippen molar-refractivity contribution in [3.8, 4) is 10.7 Å². The minimum atomic E-state index is 0.0339. The van der Waals surface area contributed by atoms with Crippen LogP contribution < -0.4 is 5.73 Å². The molecule has 0 amide bonds. The Balaban J connectivity index is 2.08. The van der Waals surface area contributed by atoms with Gasteiger partial charge in [0.2, 0.25) is 0 Å². The molecule has 3 rings (SSSR count). The molecule has 3 nitrogen and oxygen atoms in total. The van der Waals surface area contributed by atoms with Crippen LogP contribution in [-0.4, -0.2) is 15.6 Å². The highest BCUT2D eigenvalue weighted by Crippen LogP contribution is 2.31. The zero-order valence-electron chi connectivity index (χ0n) is 10.6. The molecule has 0 radical (unpaired) electrons. The number of rotatable bonds is 4. The SMILES string of the molecule is CC(N)C(c1cccs1)n1ccnc1-c1cccs1. The molecule has 0 fully saturated rings. The number of nitrogens with zero attached hydrogens (tertiary/aromatic N) is 2. The van der Waals surface area contributed by atoms with Crippen molar-refractivity contribution in [2.45, 2.75) is 19.0 Å². The van der Waals surface area contributed by atoms with E-state index < -0.39 is 0 Å². The van der Waals surface area contributed by atoms with E-state index in [9.17, 15) is 0 Å². The van der Waals surface area contributed by atoms with Crippen LogP contribution in [0.25, 0.3) is 10.7 Å². The fraction of sp³-hybridized carbons (Fsp3) is 0.214. The summed E-state index contributed by atoms with van der Waals surface area (Å²) in [4.78, 5) is 6.94. The van der Waals surface area contributed by atoms with Gasteiger partial charge in [-0.2, -0.15) is 0 Å². The molecular weight excluding hydrogens is 274 g/mol. The van der Waals surface area contributed by atoms with Crippen molar-refractivity contribution in [3.05, 3.63) is 52.3 Å². The maximum Gasteiger partial charge on any atom is 0.150 e. The van der Waals surface area contributed by atoms with Crippen molar-refractivity contribution in [2.75, 3.05) is 0 Å². The van der Waals surface area contributed by atoms with Crippen molar-refractivity contribution in [2.24, 2.45) is 5.73 Å². The molecule has 2 atom stereocenters. The van der Waals surface area contributed by atoms with Crippen LogP contribution in [0.15, 0.2) is 47.4 Å². The first kappa shape index (κ1) is 12.6. The first-order chi connectivity index (χ1) is 9.27. The third-order valence-corrected chi connectivity index (χ3v) is 4.85. The number of hydrogen-bond acceptors (Lipinski definition) is 4. The zero-order valence-corrected chi connectivity index (χ0v) is 12.2. The van der Waals surface area contributed by atoms with Gasteiger partial charge in [-0.25, -0.2) is 4.98 Å². The fourth-order valence-electron chi connectivity index (χ4n) is 2.24. The van der Waals surface area contributed by atoms with Crippen molar-refractivity contribution in [1.29, 1.82) is 0 Å². The molecule has 2 unspecified atom stereocenters. The van der Waals surface area contributed by atoms with E-state index >= 15 is 0 Å². The Morgan fingerprint density at radius 3 is 2.63 bits per heavy atom. The monoisotopic (exact) mass is 289 g/mol. The van der Waals surface area contributed by atoms with E-state index in [1.807, 2.05) is 25.4 Å². The van der Waals surface area contributed by atoms with Crippen LogP contribution in [0.1, 0.15) is 17.8 Å². The third-order valence-electron chi connectivity index (χ3n) is 3.04. The van der Waals surface area contributed by atoms with E-state index in [2.05, 4.69) is 38.5 Å². The van der Waals surface area contributed by atoms with Gasteiger partial charge in [0.15, 0.2) is 5.82 Å². The molecule has 0 saturated carbocycles. The molecule has 0 bridgehead atoms. The van der Waals surface area contributed by atoms with Crippen molar-refractivity contribution >= 4 is 22.7 Å². The highest BCUT2D eigenvalue weighted by Gasteiger charge is 2.22. The lowest BCUT2D eigenvalue weighted by molar-refractivity contribution is 0.508. The van der Waals surface area contributed by atoms with Gasteiger partial charge in [-0.15, -0.1) is 22.7 Å². The molecule has 3 heterocycles. The zero-order chi connectivity index (χ0) is 13.2. The maximum absolute atomic E-state index is 6.20. The van der Waals surface area contributed by atoms with Gasteiger partial charge < -0.3 is 10.3 Å². The second-order valence-electron chi connectivity index (χ2n) is 4.45. The molecule has 3 aromatic heterocycles. The molecule has 0 saturated heterocycles. The summed E-state index contributed by atoms with van der Waals surface area (Å²) >= 11 is 3.44. The summed E-state index contributed by atoms with van der Waals surface area (Å²) in [6.07, 6.45) is 3.86. The van der Waals surface area contributed by atoms with Crippen molar-refractivity contribution in [3.63, 3.8) is 0 Å². The topological polar surface area (TPSA) is 43.8 Å². The molecular formula is C14H15N3S2. The molecule has 98 valence electrons. The Hall–Kier alpha value is -1.43. The Bertz CT molecular complexity index is 624. The summed E-state index contributed by atoms with van der Waals surface area (Å²) in [7, 11) is 0. The quantitative estimate of drug-likeness (QED) is 0.797. The molecule has 0 aliphatic rings. The van der Waals surface area contributed by atoms with E-state index in [1.165, 1.54) is 9.75 Å². The molecule has 0 aliphatic carbocycles. The Morgan fingerprint density at radius 1 is 1.21 bits per heavy atom. The van der Waals surface area contributed by atoms with Crippen molar-refractivity contribution in [1.82, 2.24) is 9.55 Å². The lowest BCUT2D eigenvalue weighted by Gasteiger charge is -2.23. The molecule has 19 heavy (non-hydrogen) atoms. The van der Waals surface area contributed by atoms with E-state index in [4.69, 9.17) is 5.73 Å². The average Bonchev–Trinajstić information content (AvgIpc) is 3.11. The highest BCUT2D eigenvalue weighted by molar-refractivity contribution is 7.13. The van der Waals surface area contributed by atoms with Crippen LogP contribution in [0.5, 0.6) is 0 Å². The van der Waals surface area contributed by atoms with E-state index in [1.54, 1.807) is 22.7 Å². The largest absolute Gasteiger partial charge is 0.326 e. The number of thiophene rings is 2. The number of hydrogen-bond donors (Lipinski definition) is 1. The van der Waals surface area contributed by atoms with Gasteiger partial charge in [-0.05, 0) is 29.8 Å².